The van der Waals surface area contributed by atoms with Crippen LogP contribution in [0.5, 0.6) is 0 Å². The Morgan fingerprint density at radius 2 is 2.19 bits per heavy atom. The fraction of sp³-hybridized carbons (Fsp3) is 0.571. The minimum atomic E-state index is -4.48. The van der Waals surface area contributed by atoms with Gasteiger partial charge in [0.1, 0.15) is 6.17 Å². The number of carbonyl (C=O) groups is 1. The largest absolute Gasteiger partial charge is 0.418 e. The van der Waals surface area contributed by atoms with Gasteiger partial charge in [-0.3, -0.25) is 14.7 Å². The van der Waals surface area contributed by atoms with E-state index in [-0.39, 0.29) is 18.1 Å². The summed E-state index contributed by atoms with van der Waals surface area (Å²) in [5.74, 6) is -0.268. The molecular formula is C14H18F3N3O. The Bertz CT molecular complexity index is 504. The highest BCUT2D eigenvalue weighted by atomic mass is 19.4. The third-order valence-corrected chi connectivity index (χ3v) is 3.46. The van der Waals surface area contributed by atoms with Crippen LogP contribution in [0.4, 0.5) is 13.2 Å². The fourth-order valence-corrected chi connectivity index (χ4v) is 2.45. The Morgan fingerprint density at radius 1 is 1.43 bits per heavy atom. The van der Waals surface area contributed by atoms with Crippen molar-refractivity contribution in [2.45, 2.75) is 38.5 Å². The molecule has 1 aliphatic rings. The summed E-state index contributed by atoms with van der Waals surface area (Å²) in [5.41, 5.74) is -0.926. The van der Waals surface area contributed by atoms with Gasteiger partial charge in [-0.15, -0.1) is 0 Å². The molecule has 1 aliphatic heterocycles. The number of pyridine rings is 1. The van der Waals surface area contributed by atoms with Crippen LogP contribution < -0.4 is 5.32 Å². The summed E-state index contributed by atoms with van der Waals surface area (Å²) in [5, 5.41) is 2.58. The fourth-order valence-electron chi connectivity index (χ4n) is 2.45. The van der Waals surface area contributed by atoms with Crippen LogP contribution in [0, 0.1) is 0 Å². The number of nitrogens with zero attached hydrogens (tertiary/aromatic N) is 2. The van der Waals surface area contributed by atoms with Crippen molar-refractivity contribution in [3.8, 4) is 0 Å². The highest BCUT2D eigenvalue weighted by Crippen LogP contribution is 2.35. The molecule has 1 saturated heterocycles. The van der Waals surface area contributed by atoms with Crippen molar-refractivity contribution in [3.05, 3.63) is 29.6 Å². The molecule has 1 N–H and O–H groups in total. The molecule has 21 heavy (non-hydrogen) atoms. The van der Waals surface area contributed by atoms with Gasteiger partial charge in [0.15, 0.2) is 0 Å². The van der Waals surface area contributed by atoms with Gasteiger partial charge in [0, 0.05) is 12.7 Å². The van der Waals surface area contributed by atoms with E-state index in [1.807, 2.05) is 6.92 Å². The van der Waals surface area contributed by atoms with Crippen molar-refractivity contribution in [2.75, 3.05) is 13.1 Å². The number of amides is 1. The highest BCUT2D eigenvalue weighted by Gasteiger charge is 2.40. The highest BCUT2D eigenvalue weighted by molar-refractivity contribution is 5.80. The molecule has 2 heterocycles. The lowest BCUT2D eigenvalue weighted by atomic mass is 10.1. The van der Waals surface area contributed by atoms with Gasteiger partial charge in [-0.25, -0.2) is 0 Å². The second-order valence-corrected chi connectivity index (χ2v) is 5.08. The topological polar surface area (TPSA) is 45.2 Å². The van der Waals surface area contributed by atoms with Gasteiger partial charge in [-0.05, 0) is 18.6 Å². The lowest BCUT2D eigenvalue weighted by Gasteiger charge is -2.24. The van der Waals surface area contributed by atoms with Crippen LogP contribution in [-0.4, -0.2) is 28.9 Å². The van der Waals surface area contributed by atoms with Crippen LogP contribution in [0.3, 0.4) is 0 Å². The van der Waals surface area contributed by atoms with Gasteiger partial charge in [0.2, 0.25) is 5.91 Å². The number of nitrogens with one attached hydrogen (secondary N) is 1. The van der Waals surface area contributed by atoms with Gasteiger partial charge >= 0.3 is 6.18 Å². The number of carbonyl (C=O) groups excluding carboxylic acids is 1. The van der Waals surface area contributed by atoms with Crippen molar-refractivity contribution in [1.82, 2.24) is 15.2 Å². The first-order chi connectivity index (χ1) is 9.93. The maximum atomic E-state index is 13.1. The summed E-state index contributed by atoms with van der Waals surface area (Å²) >= 11 is 0. The van der Waals surface area contributed by atoms with E-state index in [2.05, 4.69) is 10.3 Å². The molecule has 0 saturated carbocycles. The summed E-state index contributed by atoms with van der Waals surface area (Å²) in [6, 6.07) is 2.25. The molecule has 0 unspecified atom stereocenters. The van der Waals surface area contributed by atoms with Crippen LogP contribution >= 0.6 is 0 Å². The molecule has 1 fully saturated rings. The van der Waals surface area contributed by atoms with E-state index in [0.717, 1.165) is 25.3 Å². The molecule has 1 aromatic rings. The third kappa shape index (κ3) is 3.72. The molecular weight excluding hydrogens is 283 g/mol. The minimum absolute atomic E-state index is 0.113. The lowest BCUT2D eigenvalue weighted by molar-refractivity contribution is -0.139. The maximum Gasteiger partial charge on any atom is 0.418 e. The first kappa shape index (κ1) is 15.8. The van der Waals surface area contributed by atoms with E-state index in [1.165, 1.54) is 12.3 Å². The summed E-state index contributed by atoms with van der Waals surface area (Å²) < 4.78 is 39.2. The molecule has 2 rings (SSSR count). The zero-order valence-corrected chi connectivity index (χ0v) is 11.8. The molecule has 1 aromatic heterocycles. The Labute approximate surface area is 121 Å². The smallest absolute Gasteiger partial charge is 0.334 e. The van der Waals surface area contributed by atoms with E-state index in [0.29, 0.717) is 6.54 Å². The Kier molecular flexibility index (Phi) is 4.82. The first-order valence-electron chi connectivity index (χ1n) is 6.99. The van der Waals surface area contributed by atoms with E-state index in [9.17, 15) is 18.0 Å². The van der Waals surface area contributed by atoms with E-state index in [1.54, 1.807) is 4.90 Å². The lowest BCUT2D eigenvalue weighted by Crippen LogP contribution is -2.31. The van der Waals surface area contributed by atoms with E-state index in [4.69, 9.17) is 0 Å². The van der Waals surface area contributed by atoms with Crippen molar-refractivity contribution in [2.24, 2.45) is 0 Å². The summed E-state index contributed by atoms with van der Waals surface area (Å²) in [7, 11) is 0. The monoisotopic (exact) mass is 301 g/mol. The van der Waals surface area contributed by atoms with Crippen LogP contribution in [0.15, 0.2) is 18.3 Å². The van der Waals surface area contributed by atoms with E-state index < -0.39 is 17.9 Å². The third-order valence-electron chi connectivity index (χ3n) is 3.46. The summed E-state index contributed by atoms with van der Waals surface area (Å²) in [6.07, 6.45) is -1.13. The predicted molar refractivity (Wildman–Crippen MR) is 71.2 cm³/mol. The average Bonchev–Trinajstić information content (AvgIpc) is 2.79. The van der Waals surface area contributed by atoms with Crippen LogP contribution in [0.25, 0.3) is 0 Å². The number of halogens is 3. The number of aromatic nitrogens is 1. The number of rotatable bonds is 5. The van der Waals surface area contributed by atoms with Crippen molar-refractivity contribution in [3.63, 3.8) is 0 Å². The number of unbranched alkanes of at least 4 members (excludes halogenated alkanes) is 2. The molecule has 0 aliphatic carbocycles. The Hall–Kier alpha value is -1.63. The quantitative estimate of drug-likeness (QED) is 0.851. The molecule has 0 spiro atoms. The zero-order valence-electron chi connectivity index (χ0n) is 11.8. The second kappa shape index (κ2) is 6.43. The molecule has 1 atom stereocenters. The Balaban J connectivity index is 2.24. The average molecular weight is 301 g/mol. The van der Waals surface area contributed by atoms with Crippen LogP contribution in [0.2, 0.25) is 0 Å². The van der Waals surface area contributed by atoms with Gasteiger partial charge in [-0.2, -0.15) is 13.2 Å². The molecule has 4 nitrogen and oxygen atoms in total. The molecule has 0 bridgehead atoms. The molecule has 116 valence electrons. The zero-order chi connectivity index (χ0) is 15.5. The van der Waals surface area contributed by atoms with Crippen LogP contribution in [0.1, 0.15) is 43.6 Å². The van der Waals surface area contributed by atoms with Gasteiger partial charge in [0.25, 0.3) is 0 Å². The van der Waals surface area contributed by atoms with Gasteiger partial charge in [0.05, 0.1) is 17.8 Å². The number of hydrogen-bond acceptors (Lipinski definition) is 3. The molecule has 0 aromatic carbocycles. The van der Waals surface area contributed by atoms with Crippen molar-refractivity contribution >= 4 is 5.91 Å². The minimum Gasteiger partial charge on any atom is -0.334 e. The first-order valence-corrected chi connectivity index (χ1v) is 6.99. The van der Waals surface area contributed by atoms with Crippen molar-refractivity contribution < 1.29 is 18.0 Å². The molecule has 0 radical (unpaired) electrons. The van der Waals surface area contributed by atoms with Crippen molar-refractivity contribution in [1.29, 1.82) is 0 Å². The standard InChI is InChI=1S/C14H18F3N3O/c1-2-3-4-8-20-9-11(21)19-13(20)12-10(14(15,16)17)6-5-7-18-12/h5-7,13H,2-4,8-9H2,1H3,(H,19,21)/t13-/m0/s1. The predicted octanol–water partition coefficient (Wildman–Crippen LogP) is 2.72. The van der Waals surface area contributed by atoms with E-state index >= 15 is 0 Å². The van der Waals surface area contributed by atoms with Gasteiger partial charge in [-0.1, -0.05) is 19.8 Å². The molecule has 1 amide bonds. The summed E-state index contributed by atoms with van der Waals surface area (Å²) in [6.45, 7) is 2.73. The maximum absolute atomic E-state index is 13.1. The molecule has 7 heteroatoms. The van der Waals surface area contributed by atoms with Gasteiger partial charge < -0.3 is 5.32 Å². The number of alkyl halides is 3. The SMILES string of the molecule is CCCCCN1CC(=O)N[C@@H]1c1ncccc1C(F)(F)F. The second-order valence-electron chi connectivity index (χ2n) is 5.08. The summed E-state index contributed by atoms with van der Waals surface area (Å²) in [4.78, 5) is 17.2. The van der Waals surface area contributed by atoms with Crippen LogP contribution in [-0.2, 0) is 11.0 Å². The Morgan fingerprint density at radius 3 is 2.86 bits per heavy atom. The number of hydrogen-bond donors (Lipinski definition) is 1. The normalized spacial score (nSPS) is 19.8.